The summed E-state index contributed by atoms with van der Waals surface area (Å²) in [5.74, 6) is 0. The van der Waals surface area contributed by atoms with E-state index in [2.05, 4.69) is 14.7 Å². The van der Waals surface area contributed by atoms with E-state index >= 15 is 0 Å². The van der Waals surface area contributed by atoms with Crippen molar-refractivity contribution in [1.29, 1.82) is 0 Å². The molecule has 4 N–H and O–H groups in total. The fraction of sp³-hybridized carbons (Fsp3) is 0.0909. The van der Waals surface area contributed by atoms with Gasteiger partial charge in [-0.15, -0.1) is 0 Å². The third-order valence-corrected chi connectivity index (χ3v) is 4.02. The third kappa shape index (κ3) is 2.74. The van der Waals surface area contributed by atoms with Crippen LogP contribution in [-0.2, 0) is 10.0 Å². The van der Waals surface area contributed by atoms with Crippen molar-refractivity contribution in [3.05, 3.63) is 41.9 Å². The first-order valence-corrected chi connectivity index (χ1v) is 7.21. The lowest BCUT2D eigenvalue weighted by Gasteiger charge is -2.12. The van der Waals surface area contributed by atoms with Gasteiger partial charge in [-0.3, -0.25) is 4.72 Å². The number of nitrogens with two attached hydrogens (primary N) is 1. The number of anilines is 1. The predicted molar refractivity (Wildman–Crippen MR) is 76.5 cm³/mol. The van der Waals surface area contributed by atoms with Crippen molar-refractivity contribution in [3.63, 3.8) is 0 Å². The van der Waals surface area contributed by atoms with E-state index in [1.54, 1.807) is 12.1 Å². The number of sulfonamides is 1. The molecule has 19 heavy (non-hydrogen) atoms. The van der Waals surface area contributed by atoms with E-state index in [0.29, 0.717) is 11.3 Å². The molecule has 1 heterocycles. The van der Waals surface area contributed by atoms with Crippen LogP contribution in [0, 0.1) is 6.92 Å². The van der Waals surface area contributed by atoms with Crippen LogP contribution in [-0.4, -0.2) is 23.4 Å². The summed E-state index contributed by atoms with van der Waals surface area (Å²) in [6.07, 6.45) is 2.51. The molecule has 8 heteroatoms. The number of aryl methyl sites for hydroxylation is 1. The summed E-state index contributed by atoms with van der Waals surface area (Å²) >= 11 is 4.95. The first-order valence-electron chi connectivity index (χ1n) is 5.32. The van der Waals surface area contributed by atoms with Gasteiger partial charge in [0, 0.05) is 5.56 Å². The molecule has 0 atom stereocenters. The van der Waals surface area contributed by atoms with Crippen molar-refractivity contribution in [2.24, 2.45) is 5.73 Å². The Morgan fingerprint density at radius 2 is 2.21 bits per heavy atom. The van der Waals surface area contributed by atoms with Crippen LogP contribution in [0.15, 0.2) is 35.7 Å². The Hall–Kier alpha value is -1.93. The van der Waals surface area contributed by atoms with Gasteiger partial charge in [0.25, 0.3) is 10.0 Å². The quantitative estimate of drug-likeness (QED) is 0.735. The number of nitrogens with one attached hydrogen (secondary N) is 2. The second-order valence-corrected chi connectivity index (χ2v) is 5.97. The van der Waals surface area contributed by atoms with Crippen LogP contribution < -0.4 is 10.5 Å². The van der Waals surface area contributed by atoms with Gasteiger partial charge in [-0.2, -0.15) is 8.42 Å². The summed E-state index contributed by atoms with van der Waals surface area (Å²) in [5.41, 5.74) is 7.30. The molecule has 0 aliphatic rings. The zero-order valence-electron chi connectivity index (χ0n) is 10.0. The lowest BCUT2D eigenvalue weighted by Crippen LogP contribution is -2.19. The molecule has 0 spiro atoms. The van der Waals surface area contributed by atoms with Gasteiger partial charge in [0.1, 0.15) is 4.99 Å². The number of hydrogen-bond donors (Lipinski definition) is 3. The van der Waals surface area contributed by atoms with Crippen molar-refractivity contribution in [2.45, 2.75) is 11.9 Å². The van der Waals surface area contributed by atoms with Crippen LogP contribution in [0.25, 0.3) is 0 Å². The van der Waals surface area contributed by atoms with E-state index in [9.17, 15) is 8.42 Å². The monoisotopic (exact) mass is 296 g/mol. The summed E-state index contributed by atoms with van der Waals surface area (Å²) in [7, 11) is -3.73. The lowest BCUT2D eigenvalue weighted by molar-refractivity contribution is 0.598. The van der Waals surface area contributed by atoms with Crippen molar-refractivity contribution in [2.75, 3.05) is 4.72 Å². The lowest BCUT2D eigenvalue weighted by atomic mass is 10.1. The molecule has 2 rings (SSSR count). The summed E-state index contributed by atoms with van der Waals surface area (Å²) in [4.78, 5) is 6.35. The van der Waals surface area contributed by atoms with E-state index in [1.807, 2.05) is 13.0 Å². The van der Waals surface area contributed by atoms with Gasteiger partial charge in [-0.1, -0.05) is 24.4 Å². The highest BCUT2D eigenvalue weighted by Gasteiger charge is 2.18. The SMILES string of the molecule is Cc1cccc(NS(=O)(=O)c2cnc[nH]2)c1C(N)=S. The van der Waals surface area contributed by atoms with Crippen LogP contribution in [0.2, 0.25) is 0 Å². The average Bonchev–Trinajstić information content (AvgIpc) is 2.81. The van der Waals surface area contributed by atoms with Gasteiger partial charge < -0.3 is 10.7 Å². The number of aromatic nitrogens is 2. The molecule has 0 unspecified atom stereocenters. The molecule has 0 aliphatic carbocycles. The van der Waals surface area contributed by atoms with Crippen LogP contribution in [0.5, 0.6) is 0 Å². The van der Waals surface area contributed by atoms with Crippen LogP contribution in [0.3, 0.4) is 0 Å². The molecule has 0 aliphatic heterocycles. The van der Waals surface area contributed by atoms with Gasteiger partial charge in [-0.05, 0) is 18.6 Å². The van der Waals surface area contributed by atoms with E-state index in [0.717, 1.165) is 5.56 Å². The Morgan fingerprint density at radius 1 is 1.47 bits per heavy atom. The van der Waals surface area contributed by atoms with Gasteiger partial charge in [0.2, 0.25) is 0 Å². The van der Waals surface area contributed by atoms with Crippen molar-refractivity contribution < 1.29 is 8.42 Å². The number of thiocarbonyl (C=S) groups is 1. The first kappa shape index (κ1) is 13.5. The van der Waals surface area contributed by atoms with Gasteiger partial charge in [0.05, 0.1) is 18.2 Å². The molecular weight excluding hydrogens is 284 g/mol. The summed E-state index contributed by atoms with van der Waals surface area (Å²) in [6, 6.07) is 5.14. The Kier molecular flexibility index (Phi) is 3.54. The van der Waals surface area contributed by atoms with E-state index in [1.165, 1.54) is 12.5 Å². The summed E-state index contributed by atoms with van der Waals surface area (Å²) in [6.45, 7) is 1.81. The normalized spacial score (nSPS) is 11.2. The molecule has 0 fully saturated rings. The maximum atomic E-state index is 12.1. The van der Waals surface area contributed by atoms with Crippen LogP contribution >= 0.6 is 12.2 Å². The Labute approximate surface area is 116 Å². The summed E-state index contributed by atoms with van der Waals surface area (Å²) in [5, 5.41) is -0.0251. The molecule has 0 amide bonds. The maximum Gasteiger partial charge on any atom is 0.278 e. The topological polar surface area (TPSA) is 101 Å². The largest absolute Gasteiger partial charge is 0.389 e. The highest BCUT2D eigenvalue weighted by Crippen LogP contribution is 2.22. The minimum absolute atomic E-state index is 0.0251. The van der Waals surface area contributed by atoms with Crippen LogP contribution in [0.4, 0.5) is 5.69 Å². The number of H-pyrrole nitrogens is 1. The molecule has 0 radical (unpaired) electrons. The van der Waals surface area contributed by atoms with Gasteiger partial charge in [0.15, 0.2) is 5.03 Å². The number of nitrogens with zero attached hydrogens (tertiary/aromatic N) is 1. The van der Waals surface area contributed by atoms with E-state index < -0.39 is 10.0 Å². The number of rotatable bonds is 4. The van der Waals surface area contributed by atoms with Gasteiger partial charge in [-0.25, -0.2) is 4.98 Å². The Morgan fingerprint density at radius 3 is 2.79 bits per heavy atom. The first-order chi connectivity index (χ1) is 8.92. The minimum Gasteiger partial charge on any atom is -0.389 e. The highest BCUT2D eigenvalue weighted by atomic mass is 32.2. The third-order valence-electron chi connectivity index (χ3n) is 2.53. The fourth-order valence-corrected chi connectivity index (χ4v) is 2.92. The van der Waals surface area contributed by atoms with Gasteiger partial charge >= 0.3 is 0 Å². The summed E-state index contributed by atoms with van der Waals surface area (Å²) < 4.78 is 26.6. The minimum atomic E-state index is -3.73. The second kappa shape index (κ2) is 4.98. The van der Waals surface area contributed by atoms with Crippen LogP contribution in [0.1, 0.15) is 11.1 Å². The number of aromatic amines is 1. The molecule has 6 nitrogen and oxygen atoms in total. The van der Waals surface area contributed by atoms with Crippen molar-refractivity contribution in [1.82, 2.24) is 9.97 Å². The standard InChI is InChI=1S/C11H12N4O2S2/c1-7-3-2-4-8(10(7)11(12)18)15-19(16,17)9-5-13-6-14-9/h2-6,15H,1H3,(H2,12,18)(H,13,14). The Balaban J connectivity index is 2.45. The number of hydrogen-bond acceptors (Lipinski definition) is 4. The second-order valence-electron chi connectivity index (χ2n) is 3.88. The molecule has 1 aromatic heterocycles. The van der Waals surface area contributed by atoms with Crippen molar-refractivity contribution >= 4 is 32.9 Å². The average molecular weight is 296 g/mol. The molecule has 0 bridgehead atoms. The number of imidazole rings is 1. The van der Waals surface area contributed by atoms with E-state index in [4.69, 9.17) is 18.0 Å². The predicted octanol–water partition coefficient (Wildman–Crippen LogP) is 1.15. The zero-order valence-corrected chi connectivity index (χ0v) is 11.7. The maximum absolute atomic E-state index is 12.1. The fourth-order valence-electron chi connectivity index (χ4n) is 1.67. The van der Waals surface area contributed by atoms with Crippen molar-refractivity contribution in [3.8, 4) is 0 Å². The molecule has 100 valence electrons. The van der Waals surface area contributed by atoms with E-state index in [-0.39, 0.29) is 10.0 Å². The highest BCUT2D eigenvalue weighted by molar-refractivity contribution is 7.92. The molecule has 1 aromatic carbocycles. The molecule has 2 aromatic rings. The number of benzene rings is 1. The zero-order chi connectivity index (χ0) is 14.0. The molecule has 0 saturated heterocycles. The smallest absolute Gasteiger partial charge is 0.278 e. The molecule has 0 saturated carbocycles. The Bertz CT molecular complexity index is 708. The molecular formula is C11H12N4O2S2.